The second-order valence-corrected chi connectivity index (χ2v) is 7.03. The SMILES string of the molecule is CC(Oc1ccccc1/C=C1\SC(=Nc2cccc(O)c2)N(C)C1=O)C(=O)O. The maximum atomic E-state index is 12.6. The van der Waals surface area contributed by atoms with Gasteiger partial charge in [-0.1, -0.05) is 24.3 Å². The zero-order chi connectivity index (χ0) is 20.3. The van der Waals surface area contributed by atoms with Gasteiger partial charge in [0.1, 0.15) is 11.5 Å². The number of benzene rings is 2. The molecule has 2 aromatic carbocycles. The van der Waals surface area contributed by atoms with E-state index in [4.69, 9.17) is 9.84 Å². The predicted molar refractivity (Wildman–Crippen MR) is 108 cm³/mol. The Morgan fingerprint density at radius 2 is 2.00 bits per heavy atom. The summed E-state index contributed by atoms with van der Waals surface area (Å²) in [6.07, 6.45) is 0.635. The molecule has 1 unspecified atom stereocenters. The zero-order valence-electron chi connectivity index (χ0n) is 15.2. The summed E-state index contributed by atoms with van der Waals surface area (Å²) in [5, 5.41) is 19.1. The van der Waals surface area contributed by atoms with Crippen molar-refractivity contribution in [3.63, 3.8) is 0 Å². The van der Waals surface area contributed by atoms with Gasteiger partial charge in [-0.2, -0.15) is 0 Å². The number of amidine groups is 1. The molecule has 1 aliphatic heterocycles. The fourth-order valence-electron chi connectivity index (χ4n) is 2.41. The summed E-state index contributed by atoms with van der Waals surface area (Å²) in [4.78, 5) is 29.9. The fraction of sp³-hybridized carbons (Fsp3) is 0.150. The first kappa shape index (κ1) is 19.5. The molecule has 0 bridgehead atoms. The molecule has 144 valence electrons. The predicted octanol–water partition coefficient (Wildman–Crippen LogP) is 3.48. The lowest BCUT2D eigenvalue weighted by Gasteiger charge is -2.12. The molecule has 2 aromatic rings. The van der Waals surface area contributed by atoms with E-state index in [9.17, 15) is 14.7 Å². The summed E-state index contributed by atoms with van der Waals surface area (Å²) in [5.41, 5.74) is 1.13. The summed E-state index contributed by atoms with van der Waals surface area (Å²) in [7, 11) is 1.62. The van der Waals surface area contributed by atoms with Crippen LogP contribution in [-0.2, 0) is 9.59 Å². The number of hydrogen-bond acceptors (Lipinski definition) is 6. The molecule has 28 heavy (non-hydrogen) atoms. The molecule has 1 fully saturated rings. The third-order valence-electron chi connectivity index (χ3n) is 3.92. The second-order valence-electron chi connectivity index (χ2n) is 6.03. The van der Waals surface area contributed by atoms with E-state index in [1.807, 2.05) is 0 Å². The van der Waals surface area contributed by atoms with Crippen LogP contribution in [-0.4, -0.2) is 45.3 Å². The van der Waals surface area contributed by atoms with Crippen molar-refractivity contribution >= 4 is 40.6 Å². The zero-order valence-corrected chi connectivity index (χ0v) is 16.0. The standard InChI is InChI=1S/C20H18N2O5S/c1-12(19(25)26)27-16-9-4-3-6-13(16)10-17-18(24)22(2)20(28-17)21-14-7-5-8-15(23)11-14/h3-12,23H,1-2H3,(H,25,26)/b17-10-,21-20?. The Morgan fingerprint density at radius 3 is 2.71 bits per heavy atom. The van der Waals surface area contributed by atoms with Crippen LogP contribution in [0.1, 0.15) is 12.5 Å². The van der Waals surface area contributed by atoms with E-state index < -0.39 is 12.1 Å². The molecule has 0 aliphatic carbocycles. The van der Waals surface area contributed by atoms with Gasteiger partial charge in [0.25, 0.3) is 5.91 Å². The molecule has 0 aromatic heterocycles. The van der Waals surface area contributed by atoms with Gasteiger partial charge in [-0.3, -0.25) is 9.69 Å². The molecule has 0 saturated carbocycles. The van der Waals surface area contributed by atoms with Crippen LogP contribution < -0.4 is 4.74 Å². The number of para-hydroxylation sites is 1. The van der Waals surface area contributed by atoms with E-state index in [1.165, 1.54) is 29.7 Å². The lowest BCUT2D eigenvalue weighted by Crippen LogP contribution is -2.24. The lowest BCUT2D eigenvalue weighted by molar-refractivity contribution is -0.144. The number of ether oxygens (including phenoxy) is 1. The van der Waals surface area contributed by atoms with E-state index in [2.05, 4.69) is 4.99 Å². The number of hydrogen-bond donors (Lipinski definition) is 2. The van der Waals surface area contributed by atoms with Gasteiger partial charge in [0.05, 0.1) is 10.6 Å². The first-order valence-corrected chi connectivity index (χ1v) is 9.20. The Balaban J connectivity index is 1.90. The van der Waals surface area contributed by atoms with Gasteiger partial charge in [0, 0.05) is 18.7 Å². The van der Waals surface area contributed by atoms with Gasteiger partial charge in [-0.25, -0.2) is 9.79 Å². The number of likely N-dealkylation sites (N-methyl/N-ethyl adjacent to an activating group) is 1. The summed E-state index contributed by atoms with van der Waals surface area (Å²) in [5.74, 6) is -0.841. The number of carbonyl (C=O) groups excluding carboxylic acids is 1. The van der Waals surface area contributed by atoms with E-state index >= 15 is 0 Å². The highest BCUT2D eigenvalue weighted by atomic mass is 32.2. The third kappa shape index (κ3) is 4.34. The summed E-state index contributed by atoms with van der Waals surface area (Å²) >= 11 is 1.19. The van der Waals surface area contributed by atoms with Crippen molar-refractivity contribution in [1.82, 2.24) is 4.90 Å². The van der Waals surface area contributed by atoms with Gasteiger partial charge in [-0.05, 0) is 43.0 Å². The average Bonchev–Trinajstić information content (AvgIpc) is 2.91. The van der Waals surface area contributed by atoms with Gasteiger partial charge in [0.2, 0.25) is 0 Å². The average molecular weight is 398 g/mol. The number of thioether (sulfide) groups is 1. The number of phenols is 1. The summed E-state index contributed by atoms with van der Waals surface area (Å²) in [6.45, 7) is 1.44. The molecule has 0 spiro atoms. The number of rotatable bonds is 5. The highest BCUT2D eigenvalue weighted by Gasteiger charge is 2.30. The lowest BCUT2D eigenvalue weighted by atomic mass is 10.2. The van der Waals surface area contributed by atoms with Crippen LogP contribution in [0.15, 0.2) is 58.4 Å². The molecule has 1 amide bonds. The van der Waals surface area contributed by atoms with Crippen molar-refractivity contribution in [1.29, 1.82) is 0 Å². The van der Waals surface area contributed by atoms with Crippen molar-refractivity contribution < 1.29 is 24.5 Å². The highest BCUT2D eigenvalue weighted by Crippen LogP contribution is 2.35. The molecular formula is C20H18N2O5S. The topological polar surface area (TPSA) is 99.4 Å². The number of aliphatic imine (C=N–C) groups is 1. The van der Waals surface area contributed by atoms with Crippen molar-refractivity contribution in [2.45, 2.75) is 13.0 Å². The van der Waals surface area contributed by atoms with Crippen LogP contribution in [0.3, 0.4) is 0 Å². The molecule has 0 radical (unpaired) electrons. The number of aromatic hydroxyl groups is 1. The number of carboxylic acid groups (broad SMARTS) is 1. The minimum atomic E-state index is -1.07. The summed E-state index contributed by atoms with van der Waals surface area (Å²) in [6, 6.07) is 13.4. The molecule has 8 heteroatoms. The van der Waals surface area contributed by atoms with Crippen molar-refractivity contribution in [2.24, 2.45) is 4.99 Å². The van der Waals surface area contributed by atoms with E-state index in [-0.39, 0.29) is 11.7 Å². The minimum Gasteiger partial charge on any atom is -0.508 e. The Hall–Kier alpha value is -3.26. The molecule has 7 nitrogen and oxygen atoms in total. The van der Waals surface area contributed by atoms with Crippen molar-refractivity contribution in [3.8, 4) is 11.5 Å². The van der Waals surface area contributed by atoms with E-state index in [0.29, 0.717) is 27.1 Å². The van der Waals surface area contributed by atoms with Crippen molar-refractivity contribution in [2.75, 3.05) is 7.05 Å². The quantitative estimate of drug-likeness (QED) is 0.748. The molecule has 1 heterocycles. The highest BCUT2D eigenvalue weighted by molar-refractivity contribution is 8.18. The summed E-state index contributed by atoms with van der Waals surface area (Å²) < 4.78 is 5.48. The Morgan fingerprint density at radius 1 is 1.25 bits per heavy atom. The number of carboxylic acids is 1. The van der Waals surface area contributed by atoms with Crippen LogP contribution in [0.25, 0.3) is 6.08 Å². The van der Waals surface area contributed by atoms with Gasteiger partial charge in [0.15, 0.2) is 11.3 Å². The van der Waals surface area contributed by atoms with Crippen LogP contribution in [0.4, 0.5) is 5.69 Å². The van der Waals surface area contributed by atoms with Crippen LogP contribution in [0.2, 0.25) is 0 Å². The third-order valence-corrected chi connectivity index (χ3v) is 4.98. The number of phenolic OH excluding ortho intramolecular Hbond substituents is 1. The minimum absolute atomic E-state index is 0.0909. The largest absolute Gasteiger partial charge is 0.508 e. The molecule has 1 saturated heterocycles. The smallest absolute Gasteiger partial charge is 0.344 e. The number of carbonyl (C=O) groups is 2. The number of nitrogens with zero attached hydrogens (tertiary/aromatic N) is 2. The van der Waals surface area contributed by atoms with Crippen LogP contribution in [0, 0.1) is 0 Å². The molecule has 1 atom stereocenters. The van der Waals surface area contributed by atoms with E-state index in [1.54, 1.807) is 55.6 Å². The van der Waals surface area contributed by atoms with Gasteiger partial charge >= 0.3 is 5.97 Å². The molecule has 1 aliphatic rings. The second kappa shape index (κ2) is 8.18. The fourth-order valence-corrected chi connectivity index (χ4v) is 3.39. The first-order chi connectivity index (χ1) is 13.3. The van der Waals surface area contributed by atoms with E-state index in [0.717, 1.165) is 0 Å². The number of aliphatic carboxylic acids is 1. The molecule has 3 rings (SSSR count). The monoisotopic (exact) mass is 398 g/mol. The van der Waals surface area contributed by atoms with Gasteiger partial charge in [-0.15, -0.1) is 0 Å². The first-order valence-electron chi connectivity index (χ1n) is 8.39. The van der Waals surface area contributed by atoms with Crippen LogP contribution >= 0.6 is 11.8 Å². The van der Waals surface area contributed by atoms with Gasteiger partial charge < -0.3 is 14.9 Å². The Labute approximate surface area is 166 Å². The molecular weight excluding hydrogens is 380 g/mol. The normalized spacial score (nSPS) is 17.9. The number of amides is 1. The Kier molecular flexibility index (Phi) is 5.70. The maximum Gasteiger partial charge on any atom is 0.344 e. The maximum absolute atomic E-state index is 12.6. The van der Waals surface area contributed by atoms with Crippen molar-refractivity contribution in [3.05, 3.63) is 59.0 Å². The molecule has 2 N–H and O–H groups in total. The van der Waals surface area contributed by atoms with Crippen LogP contribution in [0.5, 0.6) is 11.5 Å². The Bertz CT molecular complexity index is 986.